The molecule has 0 aliphatic carbocycles. The lowest BCUT2D eigenvalue weighted by molar-refractivity contribution is 0.0950. The van der Waals surface area contributed by atoms with E-state index in [0.29, 0.717) is 18.0 Å². The number of hydrogen-bond acceptors (Lipinski definition) is 5. The fourth-order valence-electron chi connectivity index (χ4n) is 3.28. The Bertz CT molecular complexity index is 932. The molecule has 134 valence electrons. The maximum atomic E-state index is 12.5. The number of nitrogens with one attached hydrogen (secondary N) is 3. The van der Waals surface area contributed by atoms with Crippen LogP contribution in [0.4, 0.5) is 0 Å². The van der Waals surface area contributed by atoms with E-state index in [-0.39, 0.29) is 5.91 Å². The number of ether oxygens (including phenoxy) is 1. The monoisotopic (exact) mass is 367 g/mol. The first-order valence-electron chi connectivity index (χ1n) is 8.62. The quantitative estimate of drug-likeness (QED) is 0.649. The molecule has 0 unspecified atom stereocenters. The number of hydrazine groups is 1. The van der Waals surface area contributed by atoms with E-state index in [2.05, 4.69) is 45.8 Å². The molecule has 4 rings (SSSR count). The zero-order chi connectivity index (χ0) is 17.9. The van der Waals surface area contributed by atoms with Crippen LogP contribution in [0.25, 0.3) is 10.1 Å². The second-order valence-electron chi connectivity index (χ2n) is 6.39. The van der Waals surface area contributed by atoms with Gasteiger partial charge in [-0.15, -0.1) is 11.3 Å². The van der Waals surface area contributed by atoms with Crippen molar-refractivity contribution in [3.05, 3.63) is 64.5 Å². The molecule has 0 atom stereocenters. The van der Waals surface area contributed by atoms with Crippen LogP contribution >= 0.6 is 11.3 Å². The average Bonchev–Trinajstić information content (AvgIpc) is 3.36. The highest BCUT2D eigenvalue weighted by atomic mass is 32.1. The van der Waals surface area contributed by atoms with E-state index < -0.39 is 0 Å². The highest BCUT2D eigenvalue weighted by Gasteiger charge is 2.21. The molecule has 1 aromatic heterocycles. The third-order valence-corrected chi connectivity index (χ3v) is 5.63. The number of carbonyl (C=O) groups excluding carboxylic acids is 1. The fraction of sp³-hybridized carbons (Fsp3) is 0.250. The molecule has 0 spiro atoms. The molecular weight excluding hydrogens is 346 g/mol. The Labute approximate surface area is 156 Å². The number of rotatable bonds is 5. The minimum atomic E-state index is -0.0945. The van der Waals surface area contributed by atoms with E-state index >= 15 is 0 Å². The Balaban J connectivity index is 1.46. The molecule has 1 aliphatic rings. The molecule has 1 aliphatic heterocycles. The smallest absolute Gasteiger partial charge is 0.251 e. The van der Waals surface area contributed by atoms with E-state index in [9.17, 15) is 4.79 Å². The number of methoxy groups -OCH3 is 1. The largest absolute Gasteiger partial charge is 0.496 e. The molecule has 5 nitrogen and oxygen atoms in total. The molecule has 6 heteroatoms. The highest BCUT2D eigenvalue weighted by Crippen LogP contribution is 2.28. The second kappa shape index (κ2) is 7.45. The fourth-order valence-corrected chi connectivity index (χ4v) is 4.05. The number of hydrogen-bond donors (Lipinski definition) is 3. The van der Waals surface area contributed by atoms with Crippen LogP contribution in [0.3, 0.4) is 0 Å². The van der Waals surface area contributed by atoms with Gasteiger partial charge in [0.2, 0.25) is 0 Å². The predicted molar refractivity (Wildman–Crippen MR) is 105 cm³/mol. The van der Waals surface area contributed by atoms with Crippen molar-refractivity contribution in [1.82, 2.24) is 16.2 Å². The minimum Gasteiger partial charge on any atom is -0.496 e. The average molecular weight is 367 g/mol. The van der Waals surface area contributed by atoms with Gasteiger partial charge in [0.15, 0.2) is 0 Å². The van der Waals surface area contributed by atoms with Gasteiger partial charge in [0.1, 0.15) is 5.75 Å². The van der Waals surface area contributed by atoms with Gasteiger partial charge in [-0.05, 0) is 52.2 Å². The summed E-state index contributed by atoms with van der Waals surface area (Å²) in [7, 11) is 1.65. The van der Waals surface area contributed by atoms with Gasteiger partial charge in [0.05, 0.1) is 7.11 Å². The van der Waals surface area contributed by atoms with E-state index in [0.717, 1.165) is 30.0 Å². The van der Waals surface area contributed by atoms with Crippen LogP contribution < -0.4 is 20.9 Å². The van der Waals surface area contributed by atoms with Crippen molar-refractivity contribution in [3.63, 3.8) is 0 Å². The molecule has 26 heavy (non-hydrogen) atoms. The lowest BCUT2D eigenvalue weighted by atomic mass is 9.97. The van der Waals surface area contributed by atoms with Crippen molar-refractivity contribution in [2.24, 2.45) is 0 Å². The van der Waals surface area contributed by atoms with E-state index in [1.54, 1.807) is 18.4 Å². The summed E-state index contributed by atoms with van der Waals surface area (Å²) in [5.74, 6) is 1.01. The normalized spacial score (nSPS) is 14.7. The topological polar surface area (TPSA) is 62.4 Å². The first kappa shape index (κ1) is 17.0. The van der Waals surface area contributed by atoms with Crippen LogP contribution in [0, 0.1) is 0 Å². The van der Waals surface area contributed by atoms with Gasteiger partial charge in [-0.2, -0.15) is 0 Å². The van der Waals surface area contributed by atoms with Gasteiger partial charge in [-0.1, -0.05) is 12.1 Å². The molecule has 2 heterocycles. The van der Waals surface area contributed by atoms with Gasteiger partial charge in [0.25, 0.3) is 5.91 Å². The molecule has 1 saturated heterocycles. The Morgan fingerprint density at radius 2 is 2.04 bits per heavy atom. The minimum absolute atomic E-state index is 0.0945. The molecule has 1 fully saturated rings. The van der Waals surface area contributed by atoms with E-state index in [1.165, 1.54) is 10.1 Å². The summed E-state index contributed by atoms with van der Waals surface area (Å²) in [5.41, 5.74) is 9.07. The second-order valence-corrected chi connectivity index (χ2v) is 7.34. The number of fused-ring (bicyclic) bond motifs is 1. The van der Waals surface area contributed by atoms with Crippen molar-refractivity contribution in [2.75, 3.05) is 20.2 Å². The summed E-state index contributed by atoms with van der Waals surface area (Å²) in [4.78, 5) is 12.5. The summed E-state index contributed by atoms with van der Waals surface area (Å²) in [6, 6.07) is 14.1. The third-order valence-electron chi connectivity index (χ3n) is 4.73. The first-order chi connectivity index (χ1) is 12.7. The van der Waals surface area contributed by atoms with Crippen molar-refractivity contribution in [1.29, 1.82) is 0 Å². The summed E-state index contributed by atoms with van der Waals surface area (Å²) in [5, 5.41) is 6.29. The maximum absolute atomic E-state index is 12.5. The Kier molecular flexibility index (Phi) is 4.88. The predicted octanol–water partition coefficient (Wildman–Crippen LogP) is 3.03. The molecule has 0 saturated carbocycles. The van der Waals surface area contributed by atoms with E-state index in [4.69, 9.17) is 4.74 Å². The van der Waals surface area contributed by atoms with Gasteiger partial charge >= 0.3 is 0 Å². The Morgan fingerprint density at radius 1 is 1.19 bits per heavy atom. The highest BCUT2D eigenvalue weighted by molar-refractivity contribution is 7.17. The van der Waals surface area contributed by atoms with Crippen LogP contribution in [0.5, 0.6) is 5.75 Å². The standard InChI is InChI=1S/C20H21N3O2S/c1-25-18-9-15(3-4-17(18)16-11-22-23-12-16)20(24)21-10-13-2-5-19-14(8-13)6-7-26-19/h2-9,16,22-23H,10-12H2,1H3,(H,21,24). The number of thiophene rings is 1. The van der Waals surface area contributed by atoms with Gasteiger partial charge < -0.3 is 10.1 Å². The van der Waals surface area contributed by atoms with Crippen LogP contribution in [0.1, 0.15) is 27.4 Å². The third kappa shape index (κ3) is 3.44. The van der Waals surface area contributed by atoms with Crippen molar-refractivity contribution < 1.29 is 9.53 Å². The summed E-state index contributed by atoms with van der Waals surface area (Å²) in [6.45, 7) is 2.21. The van der Waals surface area contributed by atoms with Gasteiger partial charge in [-0.3, -0.25) is 15.6 Å². The van der Waals surface area contributed by atoms with E-state index in [1.807, 2.05) is 18.2 Å². The summed E-state index contributed by atoms with van der Waals surface area (Å²) in [6.07, 6.45) is 0. The molecule has 2 aromatic carbocycles. The van der Waals surface area contributed by atoms with Crippen LogP contribution in [-0.2, 0) is 6.54 Å². The lowest BCUT2D eigenvalue weighted by Crippen LogP contribution is -2.23. The summed E-state index contributed by atoms with van der Waals surface area (Å²) < 4.78 is 6.78. The Morgan fingerprint density at radius 3 is 2.85 bits per heavy atom. The number of benzene rings is 2. The number of carbonyl (C=O) groups is 1. The van der Waals surface area contributed by atoms with Crippen molar-refractivity contribution in [3.8, 4) is 5.75 Å². The maximum Gasteiger partial charge on any atom is 0.251 e. The number of amides is 1. The molecule has 0 radical (unpaired) electrons. The van der Waals surface area contributed by atoms with Gasteiger partial charge in [0, 0.05) is 35.8 Å². The van der Waals surface area contributed by atoms with Crippen LogP contribution in [0.2, 0.25) is 0 Å². The van der Waals surface area contributed by atoms with Crippen molar-refractivity contribution in [2.45, 2.75) is 12.5 Å². The Hall–Kier alpha value is -2.41. The lowest BCUT2D eigenvalue weighted by Gasteiger charge is -2.15. The van der Waals surface area contributed by atoms with Gasteiger partial charge in [-0.25, -0.2) is 0 Å². The molecule has 3 N–H and O–H groups in total. The molecule has 1 amide bonds. The molecule has 3 aromatic rings. The SMILES string of the molecule is COc1cc(C(=O)NCc2ccc3sccc3c2)ccc1C1CNNC1. The molecular formula is C20H21N3O2S. The van der Waals surface area contributed by atoms with Crippen LogP contribution in [-0.4, -0.2) is 26.1 Å². The zero-order valence-electron chi connectivity index (χ0n) is 14.5. The van der Waals surface area contributed by atoms with Crippen LogP contribution in [0.15, 0.2) is 47.8 Å². The van der Waals surface area contributed by atoms with Crippen molar-refractivity contribution >= 4 is 27.3 Å². The summed E-state index contributed by atoms with van der Waals surface area (Å²) >= 11 is 1.72. The molecule has 0 bridgehead atoms. The zero-order valence-corrected chi connectivity index (χ0v) is 15.4. The first-order valence-corrected chi connectivity index (χ1v) is 9.50.